The zero-order chi connectivity index (χ0) is 8.36. The lowest BCUT2D eigenvalue weighted by molar-refractivity contribution is 0.371. The second-order valence-corrected chi connectivity index (χ2v) is 4.40. The summed E-state index contributed by atoms with van der Waals surface area (Å²) in [6.07, 6.45) is 0. The van der Waals surface area contributed by atoms with Crippen molar-refractivity contribution < 1.29 is 5.11 Å². The van der Waals surface area contributed by atoms with Crippen LogP contribution in [0.25, 0.3) is 0 Å². The molecule has 0 rings (SSSR count). The van der Waals surface area contributed by atoms with E-state index < -0.39 is 9.58 Å². The van der Waals surface area contributed by atoms with Crippen LogP contribution in [0, 0.1) is 0 Å². The predicted octanol–water partition coefficient (Wildman–Crippen LogP) is 0.494. The first-order valence-electron chi connectivity index (χ1n) is 2.75. The lowest BCUT2D eigenvalue weighted by Crippen LogP contribution is -2.27. The van der Waals surface area contributed by atoms with Gasteiger partial charge in [0.2, 0.25) is 0 Å². The van der Waals surface area contributed by atoms with Gasteiger partial charge in [-0.3, -0.25) is 9.86 Å². The number of aliphatic hydroxyl groups excluding tert-OH is 1. The second-order valence-electron chi connectivity index (χ2n) is 2.27. The standard InChI is InChI=1S/C6H14N2OS/c1-5(6(2)9)8-10(3,4)7/h5,8-9H,2-4,7H2,1H3/t5-/m0/s1. The maximum absolute atomic E-state index is 8.83. The molecule has 60 valence electrons. The Morgan fingerprint density at radius 2 is 2.10 bits per heavy atom. The molecule has 0 bridgehead atoms. The molecule has 0 fully saturated rings. The molecule has 0 aliphatic rings. The number of hydrogen-bond acceptors (Lipinski definition) is 3. The summed E-state index contributed by atoms with van der Waals surface area (Å²) in [6, 6.07) is -0.241. The Morgan fingerprint density at radius 3 is 2.20 bits per heavy atom. The van der Waals surface area contributed by atoms with Crippen LogP contribution in [0.4, 0.5) is 0 Å². The summed E-state index contributed by atoms with van der Waals surface area (Å²) in [5.74, 6) is 7.21. The fraction of sp³-hybridized carbons (Fsp3) is 0.333. The summed E-state index contributed by atoms with van der Waals surface area (Å²) in [6.45, 7) is 5.08. The van der Waals surface area contributed by atoms with Gasteiger partial charge in [-0.05, 0) is 6.92 Å². The first-order valence-corrected chi connectivity index (χ1v) is 4.78. The van der Waals surface area contributed by atoms with Crippen LogP contribution < -0.4 is 9.86 Å². The fourth-order valence-electron chi connectivity index (χ4n) is 0.420. The van der Waals surface area contributed by atoms with Gasteiger partial charge in [0.15, 0.2) is 0 Å². The van der Waals surface area contributed by atoms with Gasteiger partial charge < -0.3 is 5.11 Å². The van der Waals surface area contributed by atoms with Gasteiger partial charge >= 0.3 is 0 Å². The van der Waals surface area contributed by atoms with Gasteiger partial charge in [-0.2, -0.15) is 0 Å². The van der Waals surface area contributed by atoms with Crippen molar-refractivity contribution in [3.8, 4) is 0 Å². The minimum atomic E-state index is -1.74. The Balaban J connectivity index is 4.06. The third kappa shape index (κ3) is 4.43. The first kappa shape index (κ1) is 9.55. The first-order chi connectivity index (χ1) is 4.33. The van der Waals surface area contributed by atoms with Crippen molar-refractivity contribution in [1.82, 2.24) is 4.72 Å². The van der Waals surface area contributed by atoms with E-state index in [0.717, 1.165) is 0 Å². The summed E-state index contributed by atoms with van der Waals surface area (Å²) in [4.78, 5) is 0. The molecular weight excluding hydrogens is 148 g/mol. The highest BCUT2D eigenvalue weighted by Gasteiger charge is 2.03. The van der Waals surface area contributed by atoms with Crippen LogP contribution in [0.2, 0.25) is 0 Å². The minimum absolute atomic E-state index is 0.0506. The molecule has 0 aromatic rings. The zero-order valence-electron chi connectivity index (χ0n) is 6.13. The Kier molecular flexibility index (Phi) is 2.96. The second kappa shape index (κ2) is 3.09. The van der Waals surface area contributed by atoms with E-state index in [4.69, 9.17) is 10.2 Å². The van der Waals surface area contributed by atoms with Crippen molar-refractivity contribution in [2.24, 2.45) is 5.14 Å². The van der Waals surface area contributed by atoms with Crippen LogP contribution in [0.3, 0.4) is 0 Å². The van der Waals surface area contributed by atoms with Gasteiger partial charge in [0.05, 0.1) is 6.04 Å². The van der Waals surface area contributed by atoms with Gasteiger partial charge in [-0.1, -0.05) is 18.3 Å². The monoisotopic (exact) mass is 162 g/mol. The molecule has 0 spiro atoms. The summed E-state index contributed by atoms with van der Waals surface area (Å²) >= 11 is 0. The van der Waals surface area contributed by atoms with Crippen molar-refractivity contribution in [3.05, 3.63) is 12.3 Å². The molecule has 0 radical (unpaired) electrons. The highest BCUT2D eigenvalue weighted by atomic mass is 32.2. The lowest BCUT2D eigenvalue weighted by Gasteiger charge is -2.16. The largest absolute Gasteiger partial charge is 0.511 e. The third-order valence-corrected chi connectivity index (χ3v) is 1.73. The molecule has 0 heterocycles. The molecule has 4 heteroatoms. The molecule has 3 nitrogen and oxygen atoms in total. The molecule has 0 saturated heterocycles. The van der Waals surface area contributed by atoms with Crippen LogP contribution in [0.1, 0.15) is 6.92 Å². The molecule has 4 N–H and O–H groups in total. The number of hydrogen-bond donors (Lipinski definition) is 3. The van der Waals surface area contributed by atoms with Crippen molar-refractivity contribution in [2.75, 3.05) is 0 Å². The van der Waals surface area contributed by atoms with Gasteiger partial charge in [0, 0.05) is 0 Å². The topological polar surface area (TPSA) is 58.3 Å². The van der Waals surface area contributed by atoms with Gasteiger partial charge in [-0.25, -0.2) is 0 Å². The minimum Gasteiger partial charge on any atom is -0.511 e. The average molecular weight is 162 g/mol. The van der Waals surface area contributed by atoms with Gasteiger partial charge in [0.1, 0.15) is 5.76 Å². The fourth-order valence-corrected chi connectivity index (χ4v) is 1.26. The summed E-state index contributed by atoms with van der Waals surface area (Å²) in [5, 5.41) is 14.3. The Labute approximate surface area is 62.3 Å². The molecule has 0 unspecified atom stereocenters. The Morgan fingerprint density at radius 1 is 1.70 bits per heavy atom. The van der Waals surface area contributed by atoms with E-state index in [2.05, 4.69) is 23.0 Å². The molecule has 0 amide bonds. The van der Waals surface area contributed by atoms with E-state index in [9.17, 15) is 0 Å². The SMILES string of the molecule is C=C(O)[C@H](C)NS(=C)(=C)N. The number of nitrogens with two attached hydrogens (primary N) is 1. The van der Waals surface area contributed by atoms with Gasteiger partial charge in [-0.15, -0.1) is 9.58 Å². The maximum Gasteiger partial charge on any atom is 0.103 e. The average Bonchev–Trinajstić information content (AvgIpc) is 1.60. The van der Waals surface area contributed by atoms with Crippen LogP contribution in [0.15, 0.2) is 12.3 Å². The maximum atomic E-state index is 8.83. The van der Waals surface area contributed by atoms with Crippen LogP contribution in [-0.2, 0) is 0 Å². The van der Waals surface area contributed by atoms with Gasteiger partial charge in [0.25, 0.3) is 0 Å². The molecule has 0 aliphatic carbocycles. The van der Waals surface area contributed by atoms with Crippen LogP contribution in [-0.4, -0.2) is 22.9 Å². The van der Waals surface area contributed by atoms with E-state index >= 15 is 0 Å². The van der Waals surface area contributed by atoms with Crippen LogP contribution in [0.5, 0.6) is 0 Å². The zero-order valence-corrected chi connectivity index (χ0v) is 6.95. The van der Waals surface area contributed by atoms with Crippen molar-refractivity contribution in [2.45, 2.75) is 13.0 Å². The van der Waals surface area contributed by atoms with E-state index in [-0.39, 0.29) is 11.8 Å². The number of rotatable bonds is 3. The van der Waals surface area contributed by atoms with Crippen LogP contribution >= 0.6 is 9.58 Å². The lowest BCUT2D eigenvalue weighted by atomic mass is 10.3. The van der Waals surface area contributed by atoms with E-state index in [0.29, 0.717) is 0 Å². The van der Waals surface area contributed by atoms with E-state index in [1.54, 1.807) is 6.92 Å². The number of nitrogens with one attached hydrogen (secondary N) is 1. The third-order valence-electron chi connectivity index (χ3n) is 0.911. The Bertz CT molecular complexity index is 218. The molecule has 0 saturated carbocycles. The molecule has 10 heavy (non-hydrogen) atoms. The molecule has 0 aromatic heterocycles. The summed E-state index contributed by atoms with van der Waals surface area (Å²) in [7, 11) is -1.74. The predicted molar refractivity (Wildman–Crippen MR) is 50.4 cm³/mol. The number of aliphatic hydroxyl groups is 1. The quantitative estimate of drug-likeness (QED) is 0.418. The van der Waals surface area contributed by atoms with E-state index in [1.165, 1.54) is 0 Å². The summed E-state index contributed by atoms with van der Waals surface area (Å²) < 4.78 is 2.81. The highest BCUT2D eigenvalue weighted by molar-refractivity contribution is 8.24. The molecule has 0 aliphatic heterocycles. The Hall–Kier alpha value is -0.450. The van der Waals surface area contributed by atoms with Crippen molar-refractivity contribution in [3.63, 3.8) is 0 Å². The summed E-state index contributed by atoms with van der Waals surface area (Å²) in [5.41, 5.74) is 0. The van der Waals surface area contributed by atoms with Crippen molar-refractivity contribution >= 4 is 21.3 Å². The smallest absolute Gasteiger partial charge is 0.103 e. The molecule has 1 atom stereocenters. The highest BCUT2D eigenvalue weighted by Crippen LogP contribution is 2.04. The molecule has 0 aromatic carbocycles. The van der Waals surface area contributed by atoms with E-state index in [1.807, 2.05) is 0 Å². The normalized spacial score (nSPS) is 14.6. The van der Waals surface area contributed by atoms with Crippen molar-refractivity contribution in [1.29, 1.82) is 0 Å². The molecular formula is C6H14N2OS.